The van der Waals surface area contributed by atoms with E-state index in [1.807, 2.05) is 12.1 Å². The van der Waals surface area contributed by atoms with Crippen molar-refractivity contribution < 1.29 is 8.81 Å². The number of aromatic nitrogens is 3. The summed E-state index contributed by atoms with van der Waals surface area (Å²) in [4.78, 5) is 14.1. The van der Waals surface area contributed by atoms with Gasteiger partial charge in [-0.2, -0.15) is 0 Å². The maximum Gasteiger partial charge on any atom is 0.185 e. The molecular formula is C18H15FN4OS. The largest absolute Gasteiger partial charge is 0.441 e. The number of pyridine rings is 1. The number of hydrogen-bond donors (Lipinski definition) is 1. The van der Waals surface area contributed by atoms with Crippen molar-refractivity contribution in [3.8, 4) is 22.7 Å². The Balaban J connectivity index is 1.78. The van der Waals surface area contributed by atoms with E-state index in [2.05, 4.69) is 34.1 Å². The molecule has 0 saturated heterocycles. The minimum absolute atomic E-state index is 0.293. The van der Waals surface area contributed by atoms with Crippen LogP contribution < -0.4 is 5.32 Å². The van der Waals surface area contributed by atoms with Gasteiger partial charge in [-0.15, -0.1) is 0 Å². The number of oxazole rings is 1. The van der Waals surface area contributed by atoms with Crippen molar-refractivity contribution in [3.63, 3.8) is 0 Å². The van der Waals surface area contributed by atoms with Crippen LogP contribution in [0.1, 0.15) is 13.8 Å². The number of nitrogens with zero attached hydrogens (tertiary/aromatic N) is 3. The van der Waals surface area contributed by atoms with Gasteiger partial charge >= 0.3 is 0 Å². The van der Waals surface area contributed by atoms with Crippen LogP contribution in [0.15, 0.2) is 47.2 Å². The summed E-state index contributed by atoms with van der Waals surface area (Å²) in [6.45, 7) is 4.11. The lowest BCUT2D eigenvalue weighted by molar-refractivity contribution is 0.570. The van der Waals surface area contributed by atoms with E-state index in [9.17, 15) is 4.39 Å². The fraction of sp³-hybridized carbons (Fsp3) is 0.167. The van der Waals surface area contributed by atoms with Crippen molar-refractivity contribution in [2.75, 3.05) is 5.32 Å². The molecule has 4 rings (SSSR count). The summed E-state index contributed by atoms with van der Waals surface area (Å²) in [5, 5.41) is 4.10. The zero-order chi connectivity index (χ0) is 17.4. The minimum Gasteiger partial charge on any atom is -0.441 e. The molecule has 0 amide bonds. The average molecular weight is 354 g/mol. The Hall–Kier alpha value is -2.80. The Labute approximate surface area is 147 Å². The summed E-state index contributed by atoms with van der Waals surface area (Å²) in [6.07, 6.45) is 1.31. The Morgan fingerprint density at radius 3 is 2.76 bits per heavy atom. The van der Waals surface area contributed by atoms with Gasteiger partial charge in [0.1, 0.15) is 27.6 Å². The van der Waals surface area contributed by atoms with Gasteiger partial charge in [0.25, 0.3) is 0 Å². The number of benzene rings is 1. The second kappa shape index (κ2) is 6.25. The fourth-order valence-electron chi connectivity index (χ4n) is 2.53. The van der Waals surface area contributed by atoms with Gasteiger partial charge in [-0.3, -0.25) is 0 Å². The number of hydrogen-bond acceptors (Lipinski definition) is 6. The van der Waals surface area contributed by atoms with Crippen LogP contribution in [0.5, 0.6) is 0 Å². The predicted octanol–water partition coefficient (Wildman–Crippen LogP) is 4.97. The Morgan fingerprint density at radius 2 is 1.96 bits per heavy atom. The number of nitrogens with one attached hydrogen (secondary N) is 1. The van der Waals surface area contributed by atoms with Crippen molar-refractivity contribution in [3.05, 3.63) is 48.6 Å². The van der Waals surface area contributed by atoms with Crippen molar-refractivity contribution in [1.29, 1.82) is 0 Å². The summed E-state index contributed by atoms with van der Waals surface area (Å²) in [5.41, 5.74) is 2.24. The molecule has 1 N–H and O–H groups in total. The minimum atomic E-state index is -0.347. The Morgan fingerprint density at radius 1 is 1.12 bits per heavy atom. The fourth-order valence-corrected chi connectivity index (χ4v) is 3.51. The third kappa shape index (κ3) is 2.98. The molecule has 0 spiro atoms. The summed E-state index contributed by atoms with van der Waals surface area (Å²) >= 11 is 1.47. The first kappa shape index (κ1) is 15.7. The maximum atomic E-state index is 14.1. The monoisotopic (exact) mass is 354 g/mol. The van der Waals surface area contributed by atoms with Gasteiger partial charge in [-0.05, 0) is 38.1 Å². The molecule has 1 aromatic carbocycles. The SMILES string of the molecule is CC(C)Nc1nc2ccc(-c3ocnc3-c3ccccc3F)nc2s1. The van der Waals surface area contributed by atoms with Gasteiger partial charge in [0, 0.05) is 11.6 Å². The van der Waals surface area contributed by atoms with Crippen LogP contribution in [0, 0.1) is 5.82 Å². The van der Waals surface area contributed by atoms with Crippen LogP contribution in [0.2, 0.25) is 0 Å². The average Bonchev–Trinajstić information content (AvgIpc) is 3.19. The van der Waals surface area contributed by atoms with Gasteiger partial charge in [0.2, 0.25) is 0 Å². The van der Waals surface area contributed by atoms with Crippen molar-refractivity contribution in [2.24, 2.45) is 0 Å². The molecule has 0 radical (unpaired) electrons. The number of halogens is 1. The molecule has 25 heavy (non-hydrogen) atoms. The molecule has 0 saturated carbocycles. The van der Waals surface area contributed by atoms with E-state index in [-0.39, 0.29) is 5.82 Å². The highest BCUT2D eigenvalue weighted by molar-refractivity contribution is 7.21. The molecule has 0 aliphatic heterocycles. The van der Waals surface area contributed by atoms with Crippen LogP contribution in [0.3, 0.4) is 0 Å². The van der Waals surface area contributed by atoms with Gasteiger partial charge in [-0.25, -0.2) is 19.3 Å². The zero-order valence-electron chi connectivity index (χ0n) is 13.7. The lowest BCUT2D eigenvalue weighted by Gasteiger charge is -2.03. The number of fused-ring (bicyclic) bond motifs is 1. The first-order chi connectivity index (χ1) is 12.1. The van der Waals surface area contributed by atoms with Crippen LogP contribution in [-0.2, 0) is 0 Å². The van der Waals surface area contributed by atoms with Gasteiger partial charge in [0.15, 0.2) is 17.3 Å². The molecule has 126 valence electrons. The zero-order valence-corrected chi connectivity index (χ0v) is 14.5. The van der Waals surface area contributed by atoms with Crippen molar-refractivity contribution in [1.82, 2.24) is 15.0 Å². The molecule has 5 nitrogen and oxygen atoms in total. The summed E-state index contributed by atoms with van der Waals surface area (Å²) in [6, 6.07) is 10.5. The molecule has 0 unspecified atom stereocenters. The molecule has 0 aliphatic carbocycles. The molecule has 0 atom stereocenters. The lowest BCUT2D eigenvalue weighted by Crippen LogP contribution is -2.08. The standard InChI is InChI=1S/C18H15FN4OS/c1-10(2)21-18-23-14-8-7-13(22-17(14)25-18)16-15(20-9-24-16)11-5-3-4-6-12(11)19/h3-10H,1-2H3,(H,21,23). The van der Waals surface area contributed by atoms with Crippen molar-refractivity contribution >= 4 is 26.8 Å². The maximum absolute atomic E-state index is 14.1. The summed E-state index contributed by atoms with van der Waals surface area (Å²) in [5.74, 6) is 0.0960. The molecule has 4 aromatic rings. The molecule has 0 aliphatic rings. The lowest BCUT2D eigenvalue weighted by atomic mass is 10.1. The normalized spacial score (nSPS) is 11.4. The second-order valence-electron chi connectivity index (χ2n) is 5.85. The van der Waals surface area contributed by atoms with Crippen LogP contribution in [-0.4, -0.2) is 21.0 Å². The van der Waals surface area contributed by atoms with Gasteiger partial charge < -0.3 is 9.73 Å². The van der Waals surface area contributed by atoms with E-state index >= 15 is 0 Å². The van der Waals surface area contributed by atoms with E-state index in [1.165, 1.54) is 23.8 Å². The molecule has 0 fully saturated rings. The molecule has 0 bridgehead atoms. The molecule has 3 aromatic heterocycles. The third-order valence-electron chi connectivity index (χ3n) is 3.60. The van der Waals surface area contributed by atoms with E-state index in [1.54, 1.807) is 18.2 Å². The summed E-state index contributed by atoms with van der Waals surface area (Å²) < 4.78 is 19.6. The summed E-state index contributed by atoms with van der Waals surface area (Å²) in [7, 11) is 0. The first-order valence-electron chi connectivity index (χ1n) is 7.84. The number of rotatable bonds is 4. The molecule has 7 heteroatoms. The number of thiazole rings is 1. The topological polar surface area (TPSA) is 63.8 Å². The third-order valence-corrected chi connectivity index (χ3v) is 4.49. The van der Waals surface area contributed by atoms with Gasteiger partial charge in [-0.1, -0.05) is 23.5 Å². The van der Waals surface area contributed by atoms with Crippen LogP contribution in [0.4, 0.5) is 9.52 Å². The van der Waals surface area contributed by atoms with E-state index in [0.29, 0.717) is 28.8 Å². The van der Waals surface area contributed by atoms with Crippen LogP contribution >= 0.6 is 11.3 Å². The van der Waals surface area contributed by atoms with Crippen molar-refractivity contribution in [2.45, 2.75) is 19.9 Å². The number of anilines is 1. The molecular weight excluding hydrogens is 339 g/mol. The van der Waals surface area contributed by atoms with Crippen LogP contribution in [0.25, 0.3) is 33.1 Å². The van der Waals surface area contributed by atoms with E-state index in [0.717, 1.165) is 15.5 Å². The highest BCUT2D eigenvalue weighted by atomic mass is 32.1. The van der Waals surface area contributed by atoms with E-state index in [4.69, 9.17) is 4.42 Å². The Kier molecular flexibility index (Phi) is 3.93. The second-order valence-corrected chi connectivity index (χ2v) is 6.83. The highest BCUT2D eigenvalue weighted by Gasteiger charge is 2.18. The van der Waals surface area contributed by atoms with Gasteiger partial charge in [0.05, 0.1) is 0 Å². The highest BCUT2D eigenvalue weighted by Crippen LogP contribution is 2.33. The Bertz CT molecular complexity index is 1040. The predicted molar refractivity (Wildman–Crippen MR) is 97.1 cm³/mol. The van der Waals surface area contributed by atoms with E-state index < -0.39 is 0 Å². The smallest absolute Gasteiger partial charge is 0.185 e. The quantitative estimate of drug-likeness (QED) is 0.560. The molecule has 3 heterocycles. The first-order valence-corrected chi connectivity index (χ1v) is 8.66.